The van der Waals surface area contributed by atoms with Gasteiger partial charge in [-0.25, -0.2) is 13.1 Å². The number of rotatable bonds is 6. The summed E-state index contributed by atoms with van der Waals surface area (Å²) in [5.41, 5.74) is 1.28. The lowest BCUT2D eigenvalue weighted by atomic mass is 10.1. The molecule has 2 aromatic carbocycles. The molecule has 1 saturated heterocycles. The van der Waals surface area contributed by atoms with Gasteiger partial charge in [-0.3, -0.25) is 4.79 Å². The summed E-state index contributed by atoms with van der Waals surface area (Å²) in [6.07, 6.45) is 1.87. The zero-order valence-electron chi connectivity index (χ0n) is 15.9. The van der Waals surface area contributed by atoms with Gasteiger partial charge in [-0.1, -0.05) is 30.3 Å². The Labute approximate surface area is 170 Å². The number of carbonyl (C=O) groups is 1. The van der Waals surface area contributed by atoms with Crippen LogP contribution in [-0.2, 0) is 14.8 Å². The Bertz CT molecular complexity index is 926. The second kappa shape index (κ2) is 9.09. The molecule has 6 nitrogen and oxygen atoms in total. The number of sulfonamides is 1. The topological polar surface area (TPSA) is 75.7 Å². The van der Waals surface area contributed by atoms with Crippen LogP contribution in [-0.4, -0.2) is 51.8 Å². The molecule has 0 spiro atoms. The van der Waals surface area contributed by atoms with Gasteiger partial charge in [-0.05, 0) is 36.9 Å². The molecule has 1 amide bonds. The minimum absolute atomic E-state index is 0.0877. The highest BCUT2D eigenvalue weighted by molar-refractivity contribution is 7.98. The van der Waals surface area contributed by atoms with Gasteiger partial charge in [0.2, 0.25) is 10.0 Å². The van der Waals surface area contributed by atoms with Gasteiger partial charge in [0.25, 0.3) is 5.91 Å². The molecule has 1 aliphatic rings. The van der Waals surface area contributed by atoms with Crippen molar-refractivity contribution < 1.29 is 17.9 Å². The molecule has 1 atom stereocenters. The predicted molar refractivity (Wildman–Crippen MR) is 110 cm³/mol. The fraction of sp³-hybridized carbons (Fsp3) is 0.350. The van der Waals surface area contributed by atoms with E-state index in [1.54, 1.807) is 24.0 Å². The van der Waals surface area contributed by atoms with E-state index in [0.29, 0.717) is 31.9 Å². The Morgan fingerprint density at radius 3 is 2.46 bits per heavy atom. The maximum atomic E-state index is 12.9. The van der Waals surface area contributed by atoms with E-state index in [4.69, 9.17) is 4.74 Å². The molecule has 0 radical (unpaired) electrons. The van der Waals surface area contributed by atoms with Gasteiger partial charge in [-0.15, -0.1) is 11.8 Å². The van der Waals surface area contributed by atoms with Crippen molar-refractivity contribution in [1.29, 1.82) is 0 Å². The van der Waals surface area contributed by atoms with Crippen LogP contribution in [0.25, 0.3) is 0 Å². The summed E-state index contributed by atoms with van der Waals surface area (Å²) in [4.78, 5) is 15.5. The Kier molecular flexibility index (Phi) is 6.77. The molecular weight excluding hydrogens is 396 g/mol. The summed E-state index contributed by atoms with van der Waals surface area (Å²) >= 11 is 1.42. The number of carbonyl (C=O) groups excluding carboxylic acids is 1. The Morgan fingerprint density at radius 1 is 1.14 bits per heavy atom. The summed E-state index contributed by atoms with van der Waals surface area (Å²) in [5, 5.41) is 0. The lowest BCUT2D eigenvalue weighted by Gasteiger charge is -2.27. The van der Waals surface area contributed by atoms with Gasteiger partial charge < -0.3 is 9.64 Å². The van der Waals surface area contributed by atoms with Crippen LogP contribution in [0.5, 0.6) is 0 Å². The smallest absolute Gasteiger partial charge is 0.255 e. The summed E-state index contributed by atoms with van der Waals surface area (Å²) in [7, 11) is -3.77. The van der Waals surface area contributed by atoms with Crippen molar-refractivity contribution in [3.05, 3.63) is 59.7 Å². The van der Waals surface area contributed by atoms with Crippen LogP contribution < -0.4 is 4.72 Å². The monoisotopic (exact) mass is 420 g/mol. The highest BCUT2D eigenvalue weighted by Crippen LogP contribution is 2.26. The Morgan fingerprint density at radius 2 is 1.82 bits per heavy atom. The molecule has 3 rings (SSSR count). The van der Waals surface area contributed by atoms with Crippen molar-refractivity contribution in [2.75, 3.05) is 32.6 Å². The number of morpholine rings is 1. The van der Waals surface area contributed by atoms with E-state index in [1.807, 2.05) is 36.6 Å². The maximum absolute atomic E-state index is 12.9. The van der Waals surface area contributed by atoms with Gasteiger partial charge >= 0.3 is 0 Å². The second-order valence-corrected chi connectivity index (χ2v) is 9.08. The molecule has 0 aromatic heterocycles. The van der Waals surface area contributed by atoms with E-state index in [1.165, 1.54) is 17.8 Å². The van der Waals surface area contributed by atoms with E-state index in [-0.39, 0.29) is 16.8 Å². The number of ether oxygens (including phenoxy) is 1. The number of amides is 1. The molecule has 0 bridgehead atoms. The highest BCUT2D eigenvalue weighted by atomic mass is 32.2. The van der Waals surface area contributed by atoms with Gasteiger partial charge in [0, 0.05) is 24.0 Å². The summed E-state index contributed by atoms with van der Waals surface area (Å²) < 4.78 is 33.8. The standard InChI is InChI=1S/C20H24N2O4S2/c1-15(16-6-4-3-5-7-16)21-28(24,25)17-8-9-19(27-2)18(14-17)20(23)22-10-12-26-13-11-22/h3-9,14-15,21H,10-13H2,1-2H3/t15-/m0/s1. The summed E-state index contributed by atoms with van der Waals surface area (Å²) in [5.74, 6) is -0.166. The summed E-state index contributed by atoms with van der Waals surface area (Å²) in [6, 6.07) is 13.7. The van der Waals surface area contributed by atoms with Crippen LogP contribution >= 0.6 is 11.8 Å². The molecule has 28 heavy (non-hydrogen) atoms. The van der Waals surface area contributed by atoms with E-state index >= 15 is 0 Å². The lowest BCUT2D eigenvalue weighted by molar-refractivity contribution is 0.0300. The molecule has 1 fully saturated rings. The van der Waals surface area contributed by atoms with Gasteiger partial charge in [0.15, 0.2) is 0 Å². The molecule has 1 heterocycles. The minimum atomic E-state index is -3.77. The van der Waals surface area contributed by atoms with E-state index in [9.17, 15) is 13.2 Å². The molecule has 0 unspecified atom stereocenters. The van der Waals surface area contributed by atoms with Gasteiger partial charge in [0.05, 0.1) is 23.7 Å². The fourth-order valence-corrected chi connectivity index (χ4v) is 4.90. The van der Waals surface area contributed by atoms with Gasteiger partial charge in [-0.2, -0.15) is 0 Å². The molecule has 8 heteroatoms. The van der Waals surface area contributed by atoms with Crippen LogP contribution in [0.1, 0.15) is 28.9 Å². The molecule has 150 valence electrons. The first kappa shape index (κ1) is 20.9. The molecule has 0 saturated carbocycles. The van der Waals surface area contributed by atoms with Crippen LogP contribution in [0.2, 0.25) is 0 Å². The summed E-state index contributed by atoms with van der Waals surface area (Å²) in [6.45, 7) is 3.80. The van der Waals surface area contributed by atoms with Crippen molar-refractivity contribution in [3.8, 4) is 0 Å². The first-order chi connectivity index (χ1) is 13.4. The van der Waals surface area contributed by atoms with E-state index in [0.717, 1.165) is 10.5 Å². The average Bonchev–Trinajstić information content (AvgIpc) is 2.73. The third-order valence-corrected chi connectivity index (χ3v) is 6.98. The SMILES string of the molecule is CSc1ccc(S(=O)(=O)N[C@@H](C)c2ccccc2)cc1C(=O)N1CCOCC1. The number of thioether (sulfide) groups is 1. The second-order valence-electron chi connectivity index (χ2n) is 6.52. The largest absolute Gasteiger partial charge is 0.378 e. The number of nitrogens with one attached hydrogen (secondary N) is 1. The molecule has 0 aliphatic carbocycles. The Hall–Kier alpha value is -1.87. The minimum Gasteiger partial charge on any atom is -0.378 e. The van der Waals surface area contributed by atoms with Crippen molar-refractivity contribution >= 4 is 27.7 Å². The predicted octanol–water partition coefficient (Wildman–Crippen LogP) is 2.92. The lowest BCUT2D eigenvalue weighted by Crippen LogP contribution is -2.41. The van der Waals surface area contributed by atoms with Crippen molar-refractivity contribution in [3.63, 3.8) is 0 Å². The molecule has 1 N–H and O–H groups in total. The van der Waals surface area contributed by atoms with E-state index < -0.39 is 10.0 Å². The molecular formula is C20H24N2O4S2. The third kappa shape index (κ3) is 4.75. The van der Waals surface area contributed by atoms with Crippen LogP contribution in [0.4, 0.5) is 0 Å². The number of hydrogen-bond donors (Lipinski definition) is 1. The first-order valence-corrected chi connectivity index (χ1v) is 11.8. The first-order valence-electron chi connectivity index (χ1n) is 9.04. The fourth-order valence-electron chi connectivity index (χ4n) is 3.07. The highest BCUT2D eigenvalue weighted by Gasteiger charge is 2.25. The number of benzene rings is 2. The quantitative estimate of drug-likeness (QED) is 0.728. The van der Waals surface area contributed by atoms with Crippen LogP contribution in [0.3, 0.4) is 0 Å². The van der Waals surface area contributed by atoms with Gasteiger partial charge in [0.1, 0.15) is 0 Å². The third-order valence-electron chi connectivity index (χ3n) is 4.64. The zero-order chi connectivity index (χ0) is 20.1. The van der Waals surface area contributed by atoms with Crippen molar-refractivity contribution in [2.45, 2.75) is 22.8 Å². The number of nitrogens with zero attached hydrogens (tertiary/aromatic N) is 1. The Balaban J connectivity index is 1.88. The van der Waals surface area contributed by atoms with Crippen molar-refractivity contribution in [2.24, 2.45) is 0 Å². The average molecular weight is 421 g/mol. The van der Waals surface area contributed by atoms with Crippen molar-refractivity contribution in [1.82, 2.24) is 9.62 Å². The van der Waals surface area contributed by atoms with Crippen LogP contribution in [0, 0.1) is 0 Å². The number of hydrogen-bond acceptors (Lipinski definition) is 5. The molecule has 2 aromatic rings. The normalized spacial score (nSPS) is 16.0. The van der Waals surface area contributed by atoms with Crippen LogP contribution in [0.15, 0.2) is 58.3 Å². The van der Waals surface area contributed by atoms with E-state index in [2.05, 4.69) is 4.72 Å². The maximum Gasteiger partial charge on any atom is 0.255 e. The molecule has 1 aliphatic heterocycles. The zero-order valence-corrected chi connectivity index (χ0v) is 17.6.